The number of aliphatic hydroxyl groups excluding tert-OH is 2. The zero-order valence-corrected chi connectivity index (χ0v) is 9.34. The molecule has 0 aliphatic carbocycles. The Hall–Kier alpha value is -1.06. The molecule has 0 fully saturated rings. The molecule has 0 spiro atoms. The van der Waals surface area contributed by atoms with Gasteiger partial charge in [0.05, 0.1) is 12.2 Å². The fourth-order valence-electron chi connectivity index (χ4n) is 1.16. The predicted octanol–water partition coefficient (Wildman–Crippen LogP) is 1.89. The van der Waals surface area contributed by atoms with Crippen LogP contribution in [0, 0.1) is 0 Å². The van der Waals surface area contributed by atoms with Gasteiger partial charge in [-0.3, -0.25) is 0 Å². The maximum atomic E-state index is 9.39. The summed E-state index contributed by atoms with van der Waals surface area (Å²) in [6.45, 7) is 5.19. The fraction of sp³-hybridized carbons (Fsp3) is 0.500. The normalized spacial score (nSPS) is 16.9. The van der Waals surface area contributed by atoms with Crippen molar-refractivity contribution in [3.8, 4) is 5.75 Å². The highest BCUT2D eigenvalue weighted by molar-refractivity contribution is 5.29. The molecule has 0 radical (unpaired) electrons. The van der Waals surface area contributed by atoms with Gasteiger partial charge in [0.1, 0.15) is 11.9 Å². The molecule has 1 rings (SSSR count). The minimum Gasteiger partial charge on any atom is -0.488 e. The molecule has 1 aromatic carbocycles. The Balaban J connectivity index is 2.73. The molecule has 3 heteroatoms. The van der Waals surface area contributed by atoms with Gasteiger partial charge in [-0.05, 0) is 38.5 Å². The quantitative estimate of drug-likeness (QED) is 0.797. The molecule has 2 N–H and O–H groups in total. The van der Waals surface area contributed by atoms with Crippen LogP contribution in [-0.4, -0.2) is 22.4 Å². The molecule has 2 unspecified atom stereocenters. The molecule has 0 bridgehead atoms. The smallest absolute Gasteiger partial charge is 0.121 e. The van der Waals surface area contributed by atoms with Crippen molar-refractivity contribution >= 4 is 0 Å². The maximum absolute atomic E-state index is 9.39. The largest absolute Gasteiger partial charge is 0.488 e. The lowest BCUT2D eigenvalue weighted by Crippen LogP contribution is -2.25. The van der Waals surface area contributed by atoms with Crippen LogP contribution >= 0.6 is 0 Å². The van der Waals surface area contributed by atoms with E-state index in [-0.39, 0.29) is 6.10 Å². The summed E-state index contributed by atoms with van der Waals surface area (Å²) in [7, 11) is 0. The Kier molecular flexibility index (Phi) is 4.12. The lowest BCUT2D eigenvalue weighted by atomic mass is 10.1. The Morgan fingerprint density at radius 3 is 2.33 bits per heavy atom. The highest BCUT2D eigenvalue weighted by Crippen LogP contribution is 2.20. The lowest BCUT2D eigenvalue weighted by molar-refractivity contribution is 0.0602. The molecule has 0 aliphatic rings. The SMILES string of the molecule is CC(O)C(C)Oc1cccc([C@H](C)O)c1. The third-order valence-corrected chi connectivity index (χ3v) is 2.34. The Bertz CT molecular complexity index is 307. The Morgan fingerprint density at radius 2 is 1.80 bits per heavy atom. The molecular weight excluding hydrogens is 192 g/mol. The average Bonchev–Trinajstić information content (AvgIpc) is 2.18. The summed E-state index contributed by atoms with van der Waals surface area (Å²) >= 11 is 0. The summed E-state index contributed by atoms with van der Waals surface area (Å²) in [4.78, 5) is 0. The van der Waals surface area contributed by atoms with Crippen molar-refractivity contribution < 1.29 is 14.9 Å². The van der Waals surface area contributed by atoms with Gasteiger partial charge in [-0.2, -0.15) is 0 Å². The van der Waals surface area contributed by atoms with Crippen LogP contribution < -0.4 is 4.74 Å². The standard InChI is InChI=1S/C12H18O3/c1-8(13)10(3)15-12-6-4-5-11(7-12)9(2)14/h4-10,13-14H,1-3H3/t8?,9-,10?/m0/s1. The van der Waals surface area contributed by atoms with Crippen LogP contribution in [0.2, 0.25) is 0 Å². The zero-order valence-electron chi connectivity index (χ0n) is 9.34. The van der Waals surface area contributed by atoms with E-state index in [9.17, 15) is 10.2 Å². The summed E-state index contributed by atoms with van der Waals surface area (Å²) in [5.41, 5.74) is 0.810. The van der Waals surface area contributed by atoms with E-state index in [1.807, 2.05) is 18.2 Å². The van der Waals surface area contributed by atoms with E-state index in [2.05, 4.69) is 0 Å². The maximum Gasteiger partial charge on any atom is 0.121 e. The van der Waals surface area contributed by atoms with Crippen molar-refractivity contribution in [1.29, 1.82) is 0 Å². The van der Waals surface area contributed by atoms with Crippen molar-refractivity contribution in [3.05, 3.63) is 29.8 Å². The van der Waals surface area contributed by atoms with E-state index in [4.69, 9.17) is 4.74 Å². The molecule has 0 amide bonds. The van der Waals surface area contributed by atoms with Gasteiger partial charge in [0, 0.05) is 0 Å². The fourth-order valence-corrected chi connectivity index (χ4v) is 1.16. The van der Waals surface area contributed by atoms with Gasteiger partial charge >= 0.3 is 0 Å². The number of hydrogen-bond donors (Lipinski definition) is 2. The van der Waals surface area contributed by atoms with Crippen molar-refractivity contribution in [1.82, 2.24) is 0 Å². The average molecular weight is 210 g/mol. The third-order valence-electron chi connectivity index (χ3n) is 2.34. The molecule has 3 atom stereocenters. The van der Waals surface area contributed by atoms with Crippen LogP contribution in [0.4, 0.5) is 0 Å². The number of aliphatic hydroxyl groups is 2. The predicted molar refractivity (Wildman–Crippen MR) is 58.8 cm³/mol. The summed E-state index contributed by atoms with van der Waals surface area (Å²) in [6.07, 6.45) is -1.27. The third kappa shape index (κ3) is 3.53. The van der Waals surface area contributed by atoms with Gasteiger partial charge < -0.3 is 14.9 Å². The van der Waals surface area contributed by atoms with Crippen LogP contribution in [0.5, 0.6) is 5.75 Å². The van der Waals surface area contributed by atoms with E-state index >= 15 is 0 Å². The van der Waals surface area contributed by atoms with Crippen molar-refractivity contribution in [2.45, 2.75) is 39.1 Å². The van der Waals surface area contributed by atoms with E-state index in [1.165, 1.54) is 0 Å². The highest BCUT2D eigenvalue weighted by atomic mass is 16.5. The van der Waals surface area contributed by atoms with Gasteiger partial charge in [-0.1, -0.05) is 12.1 Å². The Morgan fingerprint density at radius 1 is 1.13 bits per heavy atom. The summed E-state index contributed by atoms with van der Waals surface area (Å²) in [6, 6.07) is 7.25. The lowest BCUT2D eigenvalue weighted by Gasteiger charge is -2.18. The second kappa shape index (κ2) is 5.14. The van der Waals surface area contributed by atoms with E-state index in [0.29, 0.717) is 5.75 Å². The van der Waals surface area contributed by atoms with Gasteiger partial charge in [0.2, 0.25) is 0 Å². The first-order valence-corrected chi connectivity index (χ1v) is 5.13. The first kappa shape index (κ1) is 12.0. The van der Waals surface area contributed by atoms with Gasteiger partial charge in [-0.25, -0.2) is 0 Å². The summed E-state index contributed by atoms with van der Waals surface area (Å²) in [5, 5.41) is 18.7. The van der Waals surface area contributed by atoms with E-state index in [0.717, 1.165) is 5.56 Å². The molecule has 0 aliphatic heterocycles. The minimum absolute atomic E-state index is 0.255. The number of benzene rings is 1. The second-order valence-electron chi connectivity index (χ2n) is 3.81. The number of hydrogen-bond acceptors (Lipinski definition) is 3. The number of ether oxygens (including phenoxy) is 1. The highest BCUT2D eigenvalue weighted by Gasteiger charge is 2.10. The Labute approximate surface area is 90.3 Å². The molecule has 0 saturated carbocycles. The van der Waals surface area contributed by atoms with Crippen molar-refractivity contribution in [2.75, 3.05) is 0 Å². The van der Waals surface area contributed by atoms with E-state index in [1.54, 1.807) is 26.8 Å². The van der Waals surface area contributed by atoms with Crippen molar-refractivity contribution in [2.24, 2.45) is 0 Å². The van der Waals surface area contributed by atoms with Crippen molar-refractivity contribution in [3.63, 3.8) is 0 Å². The molecular formula is C12H18O3. The zero-order chi connectivity index (χ0) is 11.4. The second-order valence-corrected chi connectivity index (χ2v) is 3.81. The first-order chi connectivity index (χ1) is 7.00. The monoisotopic (exact) mass is 210 g/mol. The molecule has 0 saturated heterocycles. The van der Waals surface area contributed by atoms with Gasteiger partial charge in [0.15, 0.2) is 0 Å². The molecule has 1 aromatic rings. The topological polar surface area (TPSA) is 49.7 Å². The van der Waals surface area contributed by atoms with Crippen LogP contribution in [0.3, 0.4) is 0 Å². The van der Waals surface area contributed by atoms with Crippen LogP contribution in [-0.2, 0) is 0 Å². The van der Waals surface area contributed by atoms with Crippen LogP contribution in [0.1, 0.15) is 32.4 Å². The number of rotatable bonds is 4. The van der Waals surface area contributed by atoms with E-state index < -0.39 is 12.2 Å². The van der Waals surface area contributed by atoms with Crippen LogP contribution in [0.25, 0.3) is 0 Å². The summed E-state index contributed by atoms with van der Waals surface area (Å²) in [5.74, 6) is 0.668. The molecule has 15 heavy (non-hydrogen) atoms. The first-order valence-electron chi connectivity index (χ1n) is 5.13. The minimum atomic E-state index is -0.514. The van der Waals surface area contributed by atoms with Gasteiger partial charge in [0.25, 0.3) is 0 Å². The molecule has 0 aromatic heterocycles. The molecule has 3 nitrogen and oxygen atoms in total. The summed E-state index contributed by atoms with van der Waals surface area (Å²) < 4.78 is 5.51. The molecule has 84 valence electrons. The van der Waals surface area contributed by atoms with Gasteiger partial charge in [-0.15, -0.1) is 0 Å². The molecule has 0 heterocycles. The van der Waals surface area contributed by atoms with Crippen LogP contribution in [0.15, 0.2) is 24.3 Å².